The first kappa shape index (κ1) is 35.0. The highest BCUT2D eigenvalue weighted by Crippen LogP contribution is 2.40. The maximum atomic E-state index is 9.39. The molecule has 0 fully saturated rings. The van der Waals surface area contributed by atoms with Crippen LogP contribution in [0.25, 0.3) is 94.9 Å². The predicted octanol–water partition coefficient (Wildman–Crippen LogP) is 13.7. The van der Waals surface area contributed by atoms with E-state index in [9.17, 15) is 5.41 Å². The fraction of sp³-hybridized carbons (Fsp3) is 0. The number of aromatic nitrogens is 2. The first-order chi connectivity index (χ1) is 29.6. The molecule has 2 aromatic heterocycles. The van der Waals surface area contributed by atoms with Crippen LogP contribution in [0.2, 0.25) is 0 Å². The number of fused-ring (bicyclic) bond motifs is 6. The number of anilines is 1. The van der Waals surface area contributed by atoms with Gasteiger partial charge in [-0.15, -0.1) is 0 Å². The van der Waals surface area contributed by atoms with Gasteiger partial charge in [-0.1, -0.05) is 140 Å². The van der Waals surface area contributed by atoms with Crippen LogP contribution in [0.15, 0.2) is 204 Å². The van der Waals surface area contributed by atoms with E-state index in [4.69, 9.17) is 14.4 Å². The van der Waals surface area contributed by atoms with Crippen molar-refractivity contribution in [1.82, 2.24) is 9.97 Å². The lowest BCUT2D eigenvalue weighted by Crippen LogP contribution is -2.18. The summed E-state index contributed by atoms with van der Waals surface area (Å²) in [6.07, 6.45) is 3.92. The normalized spacial score (nSPS) is 13.0. The topological polar surface area (TPSA) is 87.2 Å². The predicted molar refractivity (Wildman–Crippen MR) is 247 cm³/mol. The quantitative estimate of drug-likeness (QED) is 0.158. The van der Waals surface area contributed by atoms with E-state index in [1.807, 2.05) is 84.9 Å². The Balaban J connectivity index is 1.12. The molecule has 1 aliphatic rings. The van der Waals surface area contributed by atoms with Crippen LogP contribution >= 0.6 is 0 Å². The number of hydrazone groups is 1. The number of hydrogen-bond donors (Lipinski definition) is 2. The molecule has 0 radical (unpaired) electrons. The number of furan rings is 1. The van der Waals surface area contributed by atoms with Gasteiger partial charge in [0.25, 0.3) is 0 Å². The van der Waals surface area contributed by atoms with Crippen LogP contribution in [0.3, 0.4) is 0 Å². The van der Waals surface area contributed by atoms with Crippen molar-refractivity contribution < 1.29 is 4.42 Å². The summed E-state index contributed by atoms with van der Waals surface area (Å²) < 4.78 is 6.35. The molecule has 0 unspecified atom stereocenters. The van der Waals surface area contributed by atoms with Crippen LogP contribution in [0.5, 0.6) is 0 Å². The second kappa shape index (κ2) is 14.6. The van der Waals surface area contributed by atoms with Crippen molar-refractivity contribution in [3.05, 3.63) is 205 Å². The SMILES string of the molecule is N=C1/C(=N\Nc2ccccc2)C=Cc2ccc3ccc(-c4nc(-c5cc(-c6ccccc6)cc(-c6ccccc6)c5)cc(-c5cccc6oc7ccccc7c56)n4)cc3c21. The molecule has 10 aromatic rings. The van der Waals surface area contributed by atoms with Crippen molar-refractivity contribution in [2.45, 2.75) is 0 Å². The van der Waals surface area contributed by atoms with Gasteiger partial charge >= 0.3 is 0 Å². The molecular weight excluding hydrogens is 735 g/mol. The average Bonchev–Trinajstić information content (AvgIpc) is 3.71. The number of allylic oxidation sites excluding steroid dienone is 1. The van der Waals surface area contributed by atoms with Gasteiger partial charge in [-0.2, -0.15) is 5.10 Å². The molecule has 0 atom stereocenters. The van der Waals surface area contributed by atoms with Crippen LogP contribution in [0.4, 0.5) is 5.69 Å². The molecule has 0 aliphatic heterocycles. The Morgan fingerprint density at radius 3 is 1.90 bits per heavy atom. The number of hydrogen-bond acceptors (Lipinski definition) is 6. The van der Waals surface area contributed by atoms with E-state index in [1.54, 1.807) is 0 Å². The molecule has 6 heteroatoms. The first-order valence-corrected chi connectivity index (χ1v) is 19.9. The molecular formula is C54H35N5O. The maximum Gasteiger partial charge on any atom is 0.160 e. The molecule has 0 amide bonds. The van der Waals surface area contributed by atoms with Gasteiger partial charge in [0.1, 0.15) is 16.9 Å². The lowest BCUT2D eigenvalue weighted by molar-refractivity contribution is 0.669. The molecule has 282 valence electrons. The summed E-state index contributed by atoms with van der Waals surface area (Å²) in [7, 11) is 0. The van der Waals surface area contributed by atoms with E-state index in [0.717, 1.165) is 99.9 Å². The number of para-hydroxylation sites is 2. The second-order valence-electron chi connectivity index (χ2n) is 14.9. The van der Waals surface area contributed by atoms with Crippen LogP contribution in [0, 0.1) is 5.41 Å². The van der Waals surface area contributed by atoms with E-state index in [0.29, 0.717) is 17.2 Å². The number of rotatable bonds is 7. The van der Waals surface area contributed by atoms with Gasteiger partial charge in [-0.3, -0.25) is 10.8 Å². The standard InChI is InChI=1S/C54H35N5O/c55-53-46(59-58-42-17-8-3-9-18-42)28-27-37-25-23-36-24-26-38(32-45(36)51(37)53)54-56-47(33-48(57-54)43-20-12-22-50-52(43)44-19-10-11-21-49(44)60-50)41-30-39(34-13-4-1-5-14-34)29-40(31-41)35-15-6-2-7-16-35/h1-33,55,58H/b55-53?,59-46-. The van der Waals surface area contributed by atoms with Crippen molar-refractivity contribution in [2.24, 2.45) is 5.10 Å². The Hall–Kier alpha value is -8.22. The van der Waals surface area contributed by atoms with Gasteiger partial charge in [0.05, 0.1) is 22.8 Å². The van der Waals surface area contributed by atoms with Gasteiger partial charge in [-0.25, -0.2) is 9.97 Å². The Labute approximate surface area is 346 Å². The molecule has 0 saturated heterocycles. The lowest BCUT2D eigenvalue weighted by atomic mass is 9.88. The summed E-state index contributed by atoms with van der Waals surface area (Å²) in [6.45, 7) is 0. The van der Waals surface area contributed by atoms with Crippen LogP contribution in [-0.4, -0.2) is 21.4 Å². The molecule has 6 nitrogen and oxygen atoms in total. The zero-order valence-electron chi connectivity index (χ0n) is 32.3. The highest BCUT2D eigenvalue weighted by Gasteiger charge is 2.22. The Kier molecular flexibility index (Phi) is 8.52. The molecule has 8 aromatic carbocycles. The average molecular weight is 770 g/mol. The van der Waals surface area contributed by atoms with Gasteiger partial charge in [-0.05, 0) is 99.3 Å². The molecule has 2 heterocycles. The molecule has 11 rings (SSSR count). The lowest BCUT2D eigenvalue weighted by Gasteiger charge is -2.17. The third-order valence-electron chi connectivity index (χ3n) is 11.2. The molecule has 60 heavy (non-hydrogen) atoms. The molecule has 1 aliphatic carbocycles. The van der Waals surface area contributed by atoms with E-state index < -0.39 is 0 Å². The molecule has 0 bridgehead atoms. The minimum absolute atomic E-state index is 0.346. The Bertz CT molecular complexity index is 3290. The number of nitrogens with zero attached hydrogens (tertiary/aromatic N) is 3. The smallest absolute Gasteiger partial charge is 0.160 e. The summed E-state index contributed by atoms with van der Waals surface area (Å²) in [5.74, 6) is 0.579. The second-order valence-corrected chi connectivity index (χ2v) is 14.9. The zero-order chi connectivity index (χ0) is 40.0. The van der Waals surface area contributed by atoms with Gasteiger partial charge in [0.15, 0.2) is 5.82 Å². The summed E-state index contributed by atoms with van der Waals surface area (Å²) in [4.78, 5) is 10.7. The number of nitrogens with one attached hydrogen (secondary N) is 2. The first-order valence-electron chi connectivity index (χ1n) is 19.9. The van der Waals surface area contributed by atoms with E-state index in [2.05, 4.69) is 126 Å². The highest BCUT2D eigenvalue weighted by atomic mass is 16.3. The Morgan fingerprint density at radius 2 is 1.13 bits per heavy atom. The van der Waals surface area contributed by atoms with Crippen molar-refractivity contribution >= 4 is 55.9 Å². The summed E-state index contributed by atoms with van der Waals surface area (Å²) in [5.41, 5.74) is 17.1. The third-order valence-corrected chi connectivity index (χ3v) is 11.2. The van der Waals surface area contributed by atoms with Gasteiger partial charge < -0.3 is 4.42 Å². The molecule has 0 saturated carbocycles. The third kappa shape index (κ3) is 6.33. The molecule has 0 spiro atoms. The van der Waals surface area contributed by atoms with E-state index >= 15 is 0 Å². The minimum atomic E-state index is 0.346. The van der Waals surface area contributed by atoms with Gasteiger partial charge in [0.2, 0.25) is 0 Å². The summed E-state index contributed by atoms with van der Waals surface area (Å²) in [5, 5.41) is 18.0. The monoisotopic (exact) mass is 769 g/mol. The Morgan fingerprint density at radius 1 is 0.483 bits per heavy atom. The van der Waals surface area contributed by atoms with Crippen molar-refractivity contribution in [2.75, 3.05) is 5.43 Å². The maximum absolute atomic E-state index is 9.39. The highest BCUT2D eigenvalue weighted by molar-refractivity contribution is 6.55. The minimum Gasteiger partial charge on any atom is -0.456 e. The van der Waals surface area contributed by atoms with Crippen LogP contribution in [-0.2, 0) is 0 Å². The fourth-order valence-corrected chi connectivity index (χ4v) is 8.22. The molecule has 2 N–H and O–H groups in total. The summed E-state index contributed by atoms with van der Waals surface area (Å²) in [6, 6.07) is 64.3. The van der Waals surface area contributed by atoms with Gasteiger partial charge in [0, 0.05) is 33.0 Å². The van der Waals surface area contributed by atoms with Crippen molar-refractivity contribution in [3.8, 4) is 56.2 Å². The van der Waals surface area contributed by atoms with E-state index in [-0.39, 0.29) is 0 Å². The fourth-order valence-electron chi connectivity index (χ4n) is 8.22. The van der Waals surface area contributed by atoms with E-state index in [1.165, 1.54) is 0 Å². The van der Waals surface area contributed by atoms with Crippen LogP contribution in [0.1, 0.15) is 11.1 Å². The zero-order valence-corrected chi connectivity index (χ0v) is 32.3. The van der Waals surface area contributed by atoms with Crippen molar-refractivity contribution in [3.63, 3.8) is 0 Å². The number of benzene rings is 8. The van der Waals surface area contributed by atoms with Crippen molar-refractivity contribution in [1.29, 1.82) is 5.41 Å². The summed E-state index contributed by atoms with van der Waals surface area (Å²) >= 11 is 0. The van der Waals surface area contributed by atoms with Crippen LogP contribution < -0.4 is 5.43 Å². The largest absolute Gasteiger partial charge is 0.456 e.